The molecule has 0 aliphatic heterocycles. The Bertz CT molecular complexity index is 846. The molecule has 0 atom stereocenters. The minimum absolute atomic E-state index is 0.0946. The summed E-state index contributed by atoms with van der Waals surface area (Å²) in [6.45, 7) is 0. The Kier molecular flexibility index (Phi) is 1.91. The van der Waals surface area contributed by atoms with E-state index in [1.165, 1.54) is 6.07 Å². The van der Waals surface area contributed by atoms with E-state index >= 15 is 0 Å². The zero-order chi connectivity index (χ0) is 12.9. The van der Waals surface area contributed by atoms with E-state index in [1.54, 1.807) is 18.2 Å². The van der Waals surface area contributed by atoms with Gasteiger partial charge in [0.25, 0.3) is 5.56 Å². The fraction of sp³-hybridized carbons (Fsp3) is 0. The lowest BCUT2D eigenvalue weighted by atomic mass is 10.2. The predicted octanol–water partition coefficient (Wildman–Crippen LogP) is 0.456. The number of aromatic nitrogens is 3. The van der Waals surface area contributed by atoms with E-state index in [0.29, 0.717) is 16.6 Å². The number of carbonyl (C=O) groups is 1. The fourth-order valence-electron chi connectivity index (χ4n) is 1.82. The number of H-pyrrole nitrogens is 1. The Morgan fingerprint density at radius 3 is 2.89 bits per heavy atom. The highest BCUT2D eigenvalue weighted by atomic mass is 16.4. The van der Waals surface area contributed by atoms with Gasteiger partial charge >= 0.3 is 5.97 Å². The molecule has 0 unspecified atom stereocenters. The van der Waals surface area contributed by atoms with Gasteiger partial charge in [0.15, 0.2) is 5.65 Å². The highest BCUT2D eigenvalue weighted by molar-refractivity contribution is 5.88. The second kappa shape index (κ2) is 3.33. The van der Waals surface area contributed by atoms with E-state index in [2.05, 4.69) is 10.1 Å². The first-order valence-corrected chi connectivity index (χ1v) is 5.10. The number of nitrogens with zero attached hydrogens (tertiary/aromatic N) is 2. The van der Waals surface area contributed by atoms with Crippen molar-refractivity contribution in [1.29, 1.82) is 0 Å². The normalized spacial score (nSPS) is 11.1. The summed E-state index contributed by atoms with van der Waals surface area (Å²) >= 11 is 0. The van der Waals surface area contributed by atoms with Gasteiger partial charge < -0.3 is 10.8 Å². The van der Waals surface area contributed by atoms with E-state index in [9.17, 15) is 9.59 Å². The van der Waals surface area contributed by atoms with Crippen molar-refractivity contribution < 1.29 is 9.90 Å². The van der Waals surface area contributed by atoms with Crippen molar-refractivity contribution in [3.8, 4) is 0 Å². The molecule has 0 fully saturated rings. The molecule has 0 saturated heterocycles. The minimum atomic E-state index is -1.15. The van der Waals surface area contributed by atoms with Crippen LogP contribution in [0.15, 0.2) is 29.1 Å². The molecule has 0 saturated carbocycles. The summed E-state index contributed by atoms with van der Waals surface area (Å²) in [5, 5.41) is 11.7. The van der Waals surface area contributed by atoms with E-state index in [0.717, 1.165) is 4.52 Å². The largest absolute Gasteiger partial charge is 0.477 e. The van der Waals surface area contributed by atoms with Crippen molar-refractivity contribution in [2.45, 2.75) is 0 Å². The molecule has 3 aromatic rings. The first-order chi connectivity index (χ1) is 8.56. The number of nitrogens with two attached hydrogens (primary N) is 1. The summed E-state index contributed by atoms with van der Waals surface area (Å²) in [6.07, 6.45) is 0. The zero-order valence-corrected chi connectivity index (χ0v) is 9.04. The molecule has 0 aliphatic carbocycles. The molecule has 7 nitrogen and oxygen atoms in total. The maximum atomic E-state index is 12.1. The molecule has 2 heterocycles. The number of hydrogen-bond donors (Lipinski definition) is 3. The number of aromatic carboxylic acids is 1. The van der Waals surface area contributed by atoms with E-state index in [1.807, 2.05) is 0 Å². The van der Waals surface area contributed by atoms with Crippen LogP contribution >= 0.6 is 0 Å². The van der Waals surface area contributed by atoms with Crippen LogP contribution in [-0.2, 0) is 0 Å². The molecule has 0 aliphatic rings. The van der Waals surface area contributed by atoms with Crippen molar-refractivity contribution in [2.24, 2.45) is 0 Å². The average Bonchev–Trinajstić information content (AvgIpc) is 2.73. The van der Waals surface area contributed by atoms with Crippen LogP contribution in [0.5, 0.6) is 0 Å². The van der Waals surface area contributed by atoms with Gasteiger partial charge in [0.05, 0.1) is 10.9 Å². The van der Waals surface area contributed by atoms with Crippen LogP contribution in [0.1, 0.15) is 10.5 Å². The van der Waals surface area contributed by atoms with Gasteiger partial charge in [0.2, 0.25) is 0 Å². The average molecular weight is 244 g/mol. The monoisotopic (exact) mass is 244 g/mol. The number of anilines is 1. The standard InChI is InChI=1S/C11H8N4O3/c12-5-1-2-6-7(3-5)13-9-4-8(11(17)18)14-15(9)10(6)16/h1-4,14H,12H2,(H,17,18). The lowest BCUT2D eigenvalue weighted by molar-refractivity contribution is 0.0690. The van der Waals surface area contributed by atoms with Gasteiger partial charge in [-0.15, -0.1) is 0 Å². The van der Waals surface area contributed by atoms with Crippen molar-refractivity contribution in [2.75, 3.05) is 5.73 Å². The SMILES string of the molecule is Nc1ccc2c(=O)n3[nH]c(C(=O)O)cc3nc2c1. The van der Waals surface area contributed by atoms with E-state index < -0.39 is 5.97 Å². The molecule has 3 rings (SSSR count). The highest BCUT2D eigenvalue weighted by Gasteiger charge is 2.12. The Morgan fingerprint density at radius 1 is 1.39 bits per heavy atom. The van der Waals surface area contributed by atoms with Crippen LogP contribution in [0.3, 0.4) is 0 Å². The second-order valence-electron chi connectivity index (χ2n) is 3.86. The number of fused-ring (bicyclic) bond motifs is 2. The quantitative estimate of drug-likeness (QED) is 0.538. The Labute approximate surface area is 99.5 Å². The zero-order valence-electron chi connectivity index (χ0n) is 9.04. The van der Waals surface area contributed by atoms with Gasteiger partial charge in [0.1, 0.15) is 5.69 Å². The smallest absolute Gasteiger partial charge is 0.353 e. The van der Waals surface area contributed by atoms with Crippen molar-refractivity contribution in [3.05, 3.63) is 40.3 Å². The van der Waals surface area contributed by atoms with Gasteiger partial charge in [-0.2, -0.15) is 0 Å². The minimum Gasteiger partial charge on any atom is -0.477 e. The lowest BCUT2D eigenvalue weighted by Gasteiger charge is -1.99. The first kappa shape index (κ1) is 10.3. The molecule has 4 N–H and O–H groups in total. The summed E-state index contributed by atoms with van der Waals surface area (Å²) in [5.74, 6) is -1.15. The fourth-order valence-corrected chi connectivity index (χ4v) is 1.82. The maximum absolute atomic E-state index is 12.1. The molecule has 0 radical (unpaired) electrons. The summed E-state index contributed by atoms with van der Waals surface area (Å²) < 4.78 is 1.10. The molecule has 7 heteroatoms. The number of carboxylic acids is 1. The van der Waals surface area contributed by atoms with E-state index in [-0.39, 0.29) is 16.9 Å². The van der Waals surface area contributed by atoms with Crippen LogP contribution in [-0.4, -0.2) is 25.7 Å². The van der Waals surface area contributed by atoms with Crippen LogP contribution in [0.4, 0.5) is 5.69 Å². The lowest BCUT2D eigenvalue weighted by Crippen LogP contribution is -2.15. The van der Waals surface area contributed by atoms with Crippen LogP contribution in [0, 0.1) is 0 Å². The molecular formula is C11H8N4O3. The van der Waals surface area contributed by atoms with E-state index in [4.69, 9.17) is 10.8 Å². The maximum Gasteiger partial charge on any atom is 0.353 e. The van der Waals surface area contributed by atoms with Crippen LogP contribution < -0.4 is 11.3 Å². The molecule has 90 valence electrons. The summed E-state index contributed by atoms with van der Waals surface area (Å²) in [5.41, 5.74) is 6.35. The van der Waals surface area contributed by atoms with Crippen LogP contribution in [0.2, 0.25) is 0 Å². The molecule has 0 spiro atoms. The molecule has 0 bridgehead atoms. The Balaban J connectivity index is 2.48. The van der Waals surface area contributed by atoms with Gasteiger partial charge in [-0.25, -0.2) is 14.3 Å². The van der Waals surface area contributed by atoms with Gasteiger partial charge in [-0.3, -0.25) is 9.89 Å². The topological polar surface area (TPSA) is 113 Å². The number of nitrogens with one attached hydrogen (secondary N) is 1. The third-order valence-electron chi connectivity index (χ3n) is 2.66. The van der Waals surface area contributed by atoms with Crippen molar-refractivity contribution in [3.63, 3.8) is 0 Å². The summed E-state index contributed by atoms with van der Waals surface area (Å²) in [6, 6.07) is 6.03. The Morgan fingerprint density at radius 2 is 2.17 bits per heavy atom. The molecule has 2 aromatic heterocycles. The third-order valence-corrected chi connectivity index (χ3v) is 2.66. The molecule has 1 aromatic carbocycles. The second-order valence-corrected chi connectivity index (χ2v) is 3.86. The highest BCUT2D eigenvalue weighted by Crippen LogP contribution is 2.13. The van der Waals surface area contributed by atoms with Crippen molar-refractivity contribution in [1.82, 2.24) is 14.6 Å². The van der Waals surface area contributed by atoms with Gasteiger partial charge in [0, 0.05) is 11.8 Å². The number of aromatic amines is 1. The first-order valence-electron chi connectivity index (χ1n) is 5.10. The van der Waals surface area contributed by atoms with Crippen molar-refractivity contribution >= 4 is 28.2 Å². The Hall–Kier alpha value is -2.83. The number of rotatable bonds is 1. The molecular weight excluding hydrogens is 236 g/mol. The molecule has 18 heavy (non-hydrogen) atoms. The number of hydrogen-bond acceptors (Lipinski definition) is 4. The summed E-state index contributed by atoms with van der Waals surface area (Å²) in [7, 11) is 0. The van der Waals surface area contributed by atoms with Gasteiger partial charge in [-0.1, -0.05) is 0 Å². The van der Waals surface area contributed by atoms with Crippen LogP contribution in [0.25, 0.3) is 16.6 Å². The van der Waals surface area contributed by atoms with Gasteiger partial charge in [-0.05, 0) is 18.2 Å². The number of carboxylic acid groups (broad SMARTS) is 1. The summed E-state index contributed by atoms with van der Waals surface area (Å²) in [4.78, 5) is 27.1. The predicted molar refractivity (Wildman–Crippen MR) is 64.7 cm³/mol. The third kappa shape index (κ3) is 1.34. The molecule has 0 amide bonds. The number of nitrogen functional groups attached to an aromatic ring is 1. The number of benzene rings is 1.